The molecule has 0 saturated carbocycles. The quantitative estimate of drug-likeness (QED) is 0.548. The van der Waals surface area contributed by atoms with Gasteiger partial charge >= 0.3 is 0 Å². The number of aromatic hydroxyl groups is 1. The lowest BCUT2D eigenvalue weighted by atomic mass is 10.1. The largest absolute Gasteiger partial charge is 0.503 e. The second kappa shape index (κ2) is 5.03. The molecule has 15 heavy (non-hydrogen) atoms. The molecule has 0 aliphatic heterocycles. The predicted octanol–water partition coefficient (Wildman–Crippen LogP) is 0.557. The molecule has 4 heteroatoms. The first-order valence-electron chi connectivity index (χ1n) is 4.18. The summed E-state index contributed by atoms with van der Waals surface area (Å²) in [6, 6.07) is 2.83. The van der Waals surface area contributed by atoms with E-state index >= 15 is 0 Å². The fraction of sp³-hybridized carbons (Fsp3) is 0.182. The SMILES string of the molecule is COc1cc(C=O)cc(C#CCO)c1O. The second-order valence-corrected chi connectivity index (χ2v) is 2.70. The number of aliphatic hydroxyl groups excluding tert-OH is 1. The molecule has 0 heterocycles. The molecule has 2 N–H and O–H groups in total. The van der Waals surface area contributed by atoms with E-state index in [9.17, 15) is 9.90 Å². The summed E-state index contributed by atoms with van der Waals surface area (Å²) in [4.78, 5) is 10.6. The summed E-state index contributed by atoms with van der Waals surface area (Å²) in [5.74, 6) is 4.95. The van der Waals surface area contributed by atoms with Gasteiger partial charge in [-0.15, -0.1) is 0 Å². The van der Waals surface area contributed by atoms with Crippen molar-refractivity contribution in [1.29, 1.82) is 0 Å². The number of carbonyl (C=O) groups is 1. The number of ether oxygens (including phenoxy) is 1. The first-order valence-corrected chi connectivity index (χ1v) is 4.18. The third-order valence-electron chi connectivity index (χ3n) is 1.76. The molecular formula is C11H10O4. The zero-order valence-corrected chi connectivity index (χ0v) is 8.15. The van der Waals surface area contributed by atoms with E-state index in [2.05, 4.69) is 11.8 Å². The number of methoxy groups -OCH3 is 1. The van der Waals surface area contributed by atoms with Crippen LogP contribution >= 0.6 is 0 Å². The molecular weight excluding hydrogens is 196 g/mol. The molecule has 1 rings (SSSR count). The van der Waals surface area contributed by atoms with Crippen molar-refractivity contribution in [3.63, 3.8) is 0 Å². The monoisotopic (exact) mass is 206 g/mol. The Morgan fingerprint density at radius 3 is 2.80 bits per heavy atom. The van der Waals surface area contributed by atoms with Crippen molar-refractivity contribution in [3.05, 3.63) is 23.3 Å². The molecule has 0 bridgehead atoms. The van der Waals surface area contributed by atoms with Crippen LogP contribution in [0.4, 0.5) is 0 Å². The Hall–Kier alpha value is -1.99. The third kappa shape index (κ3) is 2.48. The molecule has 0 aliphatic carbocycles. The van der Waals surface area contributed by atoms with Gasteiger partial charge in [0, 0.05) is 5.56 Å². The number of phenolic OH excluding ortho intramolecular Hbond substituents is 1. The molecule has 0 aliphatic rings. The van der Waals surface area contributed by atoms with E-state index in [1.165, 1.54) is 19.2 Å². The zero-order chi connectivity index (χ0) is 11.3. The van der Waals surface area contributed by atoms with Gasteiger partial charge in [-0.1, -0.05) is 11.8 Å². The lowest BCUT2D eigenvalue weighted by Crippen LogP contribution is -1.90. The molecule has 0 atom stereocenters. The van der Waals surface area contributed by atoms with Crippen LogP contribution < -0.4 is 4.74 Å². The maximum atomic E-state index is 10.6. The summed E-state index contributed by atoms with van der Waals surface area (Å²) in [7, 11) is 1.38. The lowest BCUT2D eigenvalue weighted by Gasteiger charge is -2.05. The minimum atomic E-state index is -0.312. The number of carbonyl (C=O) groups excluding carboxylic acids is 1. The van der Waals surface area contributed by atoms with E-state index in [0.717, 1.165) is 0 Å². The van der Waals surface area contributed by atoms with Gasteiger partial charge in [-0.25, -0.2) is 0 Å². The normalized spacial score (nSPS) is 8.93. The topological polar surface area (TPSA) is 66.8 Å². The number of hydrogen-bond donors (Lipinski definition) is 2. The van der Waals surface area contributed by atoms with Crippen LogP contribution in [0.2, 0.25) is 0 Å². The van der Waals surface area contributed by atoms with Crippen LogP contribution in [0.5, 0.6) is 11.5 Å². The Kier molecular flexibility index (Phi) is 3.72. The number of phenols is 1. The highest BCUT2D eigenvalue weighted by Gasteiger charge is 2.08. The van der Waals surface area contributed by atoms with E-state index in [0.29, 0.717) is 11.8 Å². The number of benzene rings is 1. The van der Waals surface area contributed by atoms with Gasteiger partial charge in [-0.05, 0) is 12.1 Å². The minimum Gasteiger partial charge on any atom is -0.503 e. The molecule has 1 aromatic rings. The summed E-state index contributed by atoms with van der Waals surface area (Å²) in [6.45, 7) is -0.312. The maximum absolute atomic E-state index is 10.6. The summed E-state index contributed by atoms with van der Waals surface area (Å²) in [5, 5.41) is 18.1. The van der Waals surface area contributed by atoms with Crippen LogP contribution in [0.15, 0.2) is 12.1 Å². The first kappa shape index (κ1) is 11.1. The zero-order valence-electron chi connectivity index (χ0n) is 8.15. The summed E-state index contributed by atoms with van der Waals surface area (Å²) in [6.07, 6.45) is 0.631. The van der Waals surface area contributed by atoms with Crippen LogP contribution in [-0.2, 0) is 0 Å². The molecule has 0 fully saturated rings. The van der Waals surface area contributed by atoms with Crippen molar-refractivity contribution in [2.24, 2.45) is 0 Å². The molecule has 0 aromatic heterocycles. The average molecular weight is 206 g/mol. The van der Waals surface area contributed by atoms with Crippen LogP contribution in [0.1, 0.15) is 15.9 Å². The van der Waals surface area contributed by atoms with Crippen LogP contribution in [-0.4, -0.2) is 30.2 Å². The van der Waals surface area contributed by atoms with Crippen molar-refractivity contribution in [2.75, 3.05) is 13.7 Å². The molecule has 0 spiro atoms. The Morgan fingerprint density at radius 2 is 2.27 bits per heavy atom. The van der Waals surface area contributed by atoms with Crippen molar-refractivity contribution in [3.8, 4) is 23.3 Å². The highest BCUT2D eigenvalue weighted by molar-refractivity contribution is 5.78. The fourth-order valence-electron chi connectivity index (χ4n) is 1.08. The summed E-state index contributed by atoms with van der Waals surface area (Å²) < 4.78 is 4.87. The van der Waals surface area contributed by atoms with Gasteiger partial charge in [0.15, 0.2) is 11.5 Å². The van der Waals surface area contributed by atoms with Crippen LogP contribution in [0, 0.1) is 11.8 Å². The molecule has 0 radical (unpaired) electrons. The highest BCUT2D eigenvalue weighted by Crippen LogP contribution is 2.30. The smallest absolute Gasteiger partial charge is 0.173 e. The summed E-state index contributed by atoms with van der Waals surface area (Å²) in [5.41, 5.74) is 0.609. The molecule has 1 aromatic carbocycles. The molecule has 0 unspecified atom stereocenters. The van der Waals surface area contributed by atoms with Crippen molar-refractivity contribution >= 4 is 6.29 Å². The maximum Gasteiger partial charge on any atom is 0.173 e. The van der Waals surface area contributed by atoms with Gasteiger partial charge in [-0.3, -0.25) is 4.79 Å². The number of rotatable bonds is 2. The van der Waals surface area contributed by atoms with Gasteiger partial charge in [-0.2, -0.15) is 0 Å². The summed E-state index contributed by atoms with van der Waals surface area (Å²) >= 11 is 0. The van der Waals surface area contributed by atoms with Gasteiger partial charge in [0.1, 0.15) is 12.9 Å². The second-order valence-electron chi connectivity index (χ2n) is 2.70. The number of aliphatic hydroxyl groups is 1. The minimum absolute atomic E-state index is 0.135. The van der Waals surface area contributed by atoms with Gasteiger partial charge < -0.3 is 14.9 Å². The highest BCUT2D eigenvalue weighted by atomic mass is 16.5. The predicted molar refractivity (Wildman–Crippen MR) is 54.0 cm³/mol. The first-order chi connectivity index (χ1) is 7.22. The van der Waals surface area contributed by atoms with E-state index < -0.39 is 0 Å². The Morgan fingerprint density at radius 1 is 1.53 bits per heavy atom. The third-order valence-corrected chi connectivity index (χ3v) is 1.76. The van der Waals surface area contributed by atoms with Gasteiger partial charge in [0.2, 0.25) is 0 Å². The molecule has 78 valence electrons. The fourth-order valence-corrected chi connectivity index (χ4v) is 1.08. The Labute approximate surface area is 87.1 Å². The standard InChI is InChI=1S/C11H10O4/c1-15-10-6-8(7-13)5-9(11(10)14)3-2-4-12/h5-7,12,14H,4H2,1H3. The number of aldehydes is 1. The molecule has 0 amide bonds. The molecule has 0 saturated heterocycles. The number of hydrogen-bond acceptors (Lipinski definition) is 4. The molecule has 4 nitrogen and oxygen atoms in total. The van der Waals surface area contributed by atoms with Crippen LogP contribution in [0.25, 0.3) is 0 Å². The van der Waals surface area contributed by atoms with E-state index in [1.807, 2.05) is 0 Å². The Bertz CT molecular complexity index is 426. The van der Waals surface area contributed by atoms with Crippen molar-refractivity contribution in [2.45, 2.75) is 0 Å². The van der Waals surface area contributed by atoms with E-state index in [-0.39, 0.29) is 23.7 Å². The Balaban J connectivity index is 3.29. The van der Waals surface area contributed by atoms with Gasteiger partial charge in [0.05, 0.1) is 12.7 Å². The van der Waals surface area contributed by atoms with Crippen LogP contribution in [0.3, 0.4) is 0 Å². The van der Waals surface area contributed by atoms with E-state index in [4.69, 9.17) is 9.84 Å². The average Bonchev–Trinajstić information content (AvgIpc) is 2.27. The van der Waals surface area contributed by atoms with Crippen molar-refractivity contribution < 1.29 is 19.7 Å². The van der Waals surface area contributed by atoms with E-state index in [1.54, 1.807) is 0 Å². The van der Waals surface area contributed by atoms with Gasteiger partial charge in [0.25, 0.3) is 0 Å². The van der Waals surface area contributed by atoms with Crippen molar-refractivity contribution in [1.82, 2.24) is 0 Å². The lowest BCUT2D eigenvalue weighted by molar-refractivity contribution is 0.112.